The monoisotopic (exact) mass is 484 g/mol. The quantitative estimate of drug-likeness (QED) is 0.319. The van der Waals surface area contributed by atoms with Crippen LogP contribution in [0.4, 0.5) is 0 Å². The molecule has 0 aliphatic rings. The topological polar surface area (TPSA) is 87.0 Å². The molecule has 0 fully saturated rings. The highest BCUT2D eigenvalue weighted by atomic mass is 16.5. The minimum absolute atomic E-state index is 0.150. The SMILES string of the molecule is CCC(CC)(c1ccc(CCC(C)(C)O)c(C)c1)c1ccc(O[C@H](CC(=O)O)CC(C)O)c(C)c1. The molecule has 0 radical (unpaired) electrons. The molecule has 2 atom stereocenters. The minimum Gasteiger partial charge on any atom is -0.489 e. The normalized spacial score (nSPS) is 14.0. The summed E-state index contributed by atoms with van der Waals surface area (Å²) in [6.45, 7) is 13.9. The first kappa shape index (κ1) is 28.9. The highest BCUT2D eigenvalue weighted by Gasteiger charge is 2.32. The lowest BCUT2D eigenvalue weighted by atomic mass is 9.69. The zero-order valence-electron chi connectivity index (χ0n) is 22.5. The lowest BCUT2D eigenvalue weighted by molar-refractivity contribution is -0.139. The fourth-order valence-corrected chi connectivity index (χ4v) is 4.95. The zero-order valence-corrected chi connectivity index (χ0v) is 22.5. The molecule has 2 aromatic rings. The lowest BCUT2D eigenvalue weighted by Gasteiger charge is -2.34. The van der Waals surface area contributed by atoms with Crippen LogP contribution in [0.2, 0.25) is 0 Å². The minimum atomic E-state index is -0.942. The standard InChI is InChI=1S/C30H44O5/c1-8-30(9-2,24-11-10-23(20(3)16-24)14-15-29(6,7)34)25-12-13-27(21(4)17-25)35-26(18-22(5)31)19-28(32)33/h10-13,16-17,22,26,31,34H,8-9,14-15,18-19H2,1-7H3,(H,32,33)/t22?,26-/m0/s1. The van der Waals surface area contributed by atoms with Crippen molar-refractivity contribution in [3.8, 4) is 5.75 Å². The molecule has 0 heterocycles. The van der Waals surface area contributed by atoms with Crippen LogP contribution >= 0.6 is 0 Å². The second kappa shape index (κ2) is 12.0. The predicted octanol–water partition coefficient (Wildman–Crippen LogP) is 6.11. The van der Waals surface area contributed by atoms with E-state index in [2.05, 4.69) is 51.1 Å². The predicted molar refractivity (Wildman–Crippen MR) is 141 cm³/mol. The maximum atomic E-state index is 11.3. The number of hydrogen-bond acceptors (Lipinski definition) is 4. The Hall–Kier alpha value is -2.37. The third kappa shape index (κ3) is 7.81. The van der Waals surface area contributed by atoms with Crippen molar-refractivity contribution >= 4 is 5.97 Å². The number of carboxylic acid groups (broad SMARTS) is 1. The van der Waals surface area contributed by atoms with Crippen LogP contribution in [0.5, 0.6) is 5.75 Å². The number of aliphatic hydroxyl groups is 2. The number of hydrogen-bond donors (Lipinski definition) is 3. The van der Waals surface area contributed by atoms with E-state index in [1.54, 1.807) is 6.92 Å². The second-order valence-electron chi connectivity index (χ2n) is 10.6. The summed E-state index contributed by atoms with van der Waals surface area (Å²) >= 11 is 0. The van der Waals surface area contributed by atoms with Crippen LogP contribution in [0.1, 0.15) is 94.5 Å². The van der Waals surface area contributed by atoms with Gasteiger partial charge in [-0.3, -0.25) is 4.79 Å². The number of benzene rings is 2. The highest BCUT2D eigenvalue weighted by molar-refractivity contribution is 5.67. The fourth-order valence-electron chi connectivity index (χ4n) is 4.95. The fraction of sp³-hybridized carbons (Fsp3) is 0.567. The molecule has 0 aliphatic heterocycles. The van der Waals surface area contributed by atoms with Gasteiger partial charge in [-0.15, -0.1) is 0 Å². The molecule has 0 aliphatic carbocycles. The molecule has 0 spiro atoms. The van der Waals surface area contributed by atoms with Gasteiger partial charge in [-0.2, -0.15) is 0 Å². The smallest absolute Gasteiger partial charge is 0.307 e. The molecule has 2 rings (SSSR count). The maximum absolute atomic E-state index is 11.3. The number of aliphatic carboxylic acids is 1. The number of carboxylic acids is 1. The molecule has 0 amide bonds. The average molecular weight is 485 g/mol. The largest absolute Gasteiger partial charge is 0.489 e. The third-order valence-electron chi connectivity index (χ3n) is 7.14. The van der Waals surface area contributed by atoms with Crippen molar-refractivity contribution < 1.29 is 24.9 Å². The van der Waals surface area contributed by atoms with Gasteiger partial charge >= 0.3 is 5.97 Å². The summed E-state index contributed by atoms with van der Waals surface area (Å²) in [7, 11) is 0. The van der Waals surface area contributed by atoms with Crippen LogP contribution in [0, 0.1) is 13.8 Å². The van der Waals surface area contributed by atoms with Gasteiger partial charge < -0.3 is 20.1 Å². The van der Waals surface area contributed by atoms with Crippen molar-refractivity contribution in [1.82, 2.24) is 0 Å². The van der Waals surface area contributed by atoms with E-state index in [1.165, 1.54) is 22.3 Å². The molecule has 35 heavy (non-hydrogen) atoms. The van der Waals surface area contributed by atoms with E-state index in [1.807, 2.05) is 26.8 Å². The van der Waals surface area contributed by atoms with Gasteiger partial charge in [-0.1, -0.05) is 44.2 Å². The Morgan fingerprint density at radius 3 is 2.03 bits per heavy atom. The second-order valence-corrected chi connectivity index (χ2v) is 10.6. The number of rotatable bonds is 13. The molecular formula is C30H44O5. The van der Waals surface area contributed by atoms with Gasteiger partial charge in [-0.05, 0) is 94.2 Å². The first-order valence-electron chi connectivity index (χ1n) is 12.8. The molecule has 3 N–H and O–H groups in total. The molecule has 0 bridgehead atoms. The summed E-state index contributed by atoms with van der Waals surface area (Å²) in [5.41, 5.74) is 5.11. The van der Waals surface area contributed by atoms with Gasteiger partial charge in [0, 0.05) is 11.8 Å². The molecule has 194 valence electrons. The zero-order chi connectivity index (χ0) is 26.4. The summed E-state index contributed by atoms with van der Waals surface area (Å²) in [5, 5.41) is 29.1. The van der Waals surface area contributed by atoms with Gasteiger partial charge in [0.2, 0.25) is 0 Å². The van der Waals surface area contributed by atoms with Gasteiger partial charge in [0.25, 0.3) is 0 Å². The van der Waals surface area contributed by atoms with Gasteiger partial charge in [-0.25, -0.2) is 0 Å². The van der Waals surface area contributed by atoms with Gasteiger partial charge in [0.1, 0.15) is 11.9 Å². The summed E-state index contributed by atoms with van der Waals surface area (Å²) < 4.78 is 6.04. The number of aryl methyl sites for hydroxylation is 3. The van der Waals surface area contributed by atoms with E-state index in [0.29, 0.717) is 5.75 Å². The van der Waals surface area contributed by atoms with Crippen molar-refractivity contribution in [1.29, 1.82) is 0 Å². The van der Waals surface area contributed by atoms with E-state index in [9.17, 15) is 20.1 Å². The van der Waals surface area contributed by atoms with Crippen molar-refractivity contribution in [3.05, 3.63) is 64.2 Å². The van der Waals surface area contributed by atoms with Crippen molar-refractivity contribution in [2.45, 2.75) is 110 Å². The Kier molecular flexibility index (Phi) is 9.94. The Labute approximate surface area is 211 Å². The van der Waals surface area contributed by atoms with E-state index >= 15 is 0 Å². The third-order valence-corrected chi connectivity index (χ3v) is 7.14. The van der Waals surface area contributed by atoms with Crippen molar-refractivity contribution in [2.75, 3.05) is 0 Å². The van der Waals surface area contributed by atoms with E-state index in [-0.39, 0.29) is 18.3 Å². The first-order valence-corrected chi connectivity index (χ1v) is 12.8. The van der Waals surface area contributed by atoms with Crippen LogP contribution in [0.15, 0.2) is 36.4 Å². The lowest BCUT2D eigenvalue weighted by Crippen LogP contribution is -2.27. The molecule has 5 heteroatoms. The van der Waals surface area contributed by atoms with E-state index in [0.717, 1.165) is 31.2 Å². The van der Waals surface area contributed by atoms with E-state index in [4.69, 9.17) is 4.74 Å². The summed E-state index contributed by atoms with van der Waals surface area (Å²) in [6, 6.07) is 12.9. The molecule has 2 aromatic carbocycles. The molecule has 0 saturated carbocycles. The van der Waals surface area contributed by atoms with Crippen molar-refractivity contribution in [3.63, 3.8) is 0 Å². The van der Waals surface area contributed by atoms with Crippen LogP contribution in [0.3, 0.4) is 0 Å². The summed E-state index contributed by atoms with van der Waals surface area (Å²) in [6.07, 6.45) is 2.33. The molecule has 1 unspecified atom stereocenters. The summed E-state index contributed by atoms with van der Waals surface area (Å²) in [5.74, 6) is -0.290. The number of ether oxygens (including phenoxy) is 1. The van der Waals surface area contributed by atoms with E-state index < -0.39 is 23.8 Å². The molecule has 0 saturated heterocycles. The Balaban J connectivity index is 2.37. The summed E-state index contributed by atoms with van der Waals surface area (Å²) in [4.78, 5) is 11.3. The van der Waals surface area contributed by atoms with Gasteiger partial charge in [0.05, 0.1) is 18.1 Å². The Morgan fingerprint density at radius 2 is 1.57 bits per heavy atom. The van der Waals surface area contributed by atoms with Gasteiger partial charge in [0.15, 0.2) is 0 Å². The van der Waals surface area contributed by atoms with Crippen LogP contribution in [-0.4, -0.2) is 39.1 Å². The maximum Gasteiger partial charge on any atom is 0.307 e. The molecular weight excluding hydrogens is 440 g/mol. The first-order chi connectivity index (χ1) is 16.3. The number of aliphatic hydroxyl groups excluding tert-OH is 1. The van der Waals surface area contributed by atoms with Crippen LogP contribution < -0.4 is 4.74 Å². The molecule has 0 aromatic heterocycles. The average Bonchev–Trinajstić information content (AvgIpc) is 2.74. The van der Waals surface area contributed by atoms with Crippen molar-refractivity contribution in [2.24, 2.45) is 0 Å². The van der Waals surface area contributed by atoms with Crippen LogP contribution in [-0.2, 0) is 16.6 Å². The Morgan fingerprint density at radius 1 is 1.00 bits per heavy atom. The molecule has 5 nitrogen and oxygen atoms in total. The highest BCUT2D eigenvalue weighted by Crippen LogP contribution is 2.41. The van der Waals surface area contributed by atoms with Crippen LogP contribution in [0.25, 0.3) is 0 Å². The Bertz CT molecular complexity index is 983. The number of carbonyl (C=O) groups is 1.